The van der Waals surface area contributed by atoms with Crippen LogP contribution in [0.5, 0.6) is 0 Å². The SMILES string of the molecule is COC(=O)C1=C(Nc2cccc(-c3nc(C)no3)c2)C(=O)N(CCO)C1. The molecule has 9 nitrogen and oxygen atoms in total. The number of β-amino-alcohol motifs (C(OH)–C–C–N with tert-alkyl or cyclic N) is 1. The van der Waals surface area contributed by atoms with E-state index in [9.17, 15) is 9.59 Å². The van der Waals surface area contributed by atoms with Gasteiger partial charge in [-0.25, -0.2) is 4.79 Å². The summed E-state index contributed by atoms with van der Waals surface area (Å²) in [5, 5.41) is 15.8. The predicted octanol–water partition coefficient (Wildman–Crippen LogP) is 0.719. The molecule has 0 spiro atoms. The number of hydrogen-bond donors (Lipinski definition) is 2. The van der Waals surface area contributed by atoms with Crippen LogP contribution in [-0.2, 0) is 14.3 Å². The molecule has 0 radical (unpaired) electrons. The highest BCUT2D eigenvalue weighted by Gasteiger charge is 2.34. The van der Waals surface area contributed by atoms with Gasteiger partial charge in [0.1, 0.15) is 5.70 Å². The smallest absolute Gasteiger partial charge is 0.337 e. The maximum Gasteiger partial charge on any atom is 0.337 e. The van der Waals surface area contributed by atoms with Crippen LogP contribution in [-0.4, -0.2) is 58.8 Å². The van der Waals surface area contributed by atoms with Crippen molar-refractivity contribution >= 4 is 17.6 Å². The fraction of sp³-hybridized carbons (Fsp3) is 0.294. The van der Waals surface area contributed by atoms with Gasteiger partial charge < -0.3 is 24.6 Å². The van der Waals surface area contributed by atoms with Crippen LogP contribution in [0.15, 0.2) is 40.1 Å². The van der Waals surface area contributed by atoms with Crippen molar-refractivity contribution in [1.29, 1.82) is 0 Å². The number of methoxy groups -OCH3 is 1. The molecular formula is C17H18N4O5. The van der Waals surface area contributed by atoms with Crippen molar-refractivity contribution in [3.05, 3.63) is 41.4 Å². The Balaban J connectivity index is 1.90. The van der Waals surface area contributed by atoms with Crippen molar-refractivity contribution in [2.45, 2.75) is 6.92 Å². The van der Waals surface area contributed by atoms with E-state index in [1.165, 1.54) is 12.0 Å². The number of aromatic nitrogens is 2. The molecule has 1 amide bonds. The van der Waals surface area contributed by atoms with Crippen LogP contribution in [0.25, 0.3) is 11.5 Å². The Morgan fingerprint density at radius 3 is 2.92 bits per heavy atom. The van der Waals surface area contributed by atoms with Gasteiger partial charge >= 0.3 is 5.97 Å². The van der Waals surface area contributed by atoms with E-state index in [1.807, 2.05) is 0 Å². The fourth-order valence-corrected chi connectivity index (χ4v) is 2.64. The molecule has 0 aliphatic carbocycles. The Morgan fingerprint density at radius 2 is 2.27 bits per heavy atom. The maximum atomic E-state index is 12.5. The van der Waals surface area contributed by atoms with E-state index < -0.39 is 5.97 Å². The van der Waals surface area contributed by atoms with Crippen molar-refractivity contribution in [2.75, 3.05) is 32.1 Å². The van der Waals surface area contributed by atoms with Crippen molar-refractivity contribution in [2.24, 2.45) is 0 Å². The van der Waals surface area contributed by atoms with Crippen molar-refractivity contribution < 1.29 is 24.0 Å². The van der Waals surface area contributed by atoms with Crippen LogP contribution in [0.1, 0.15) is 5.82 Å². The zero-order chi connectivity index (χ0) is 18.7. The number of aliphatic hydroxyl groups excluding tert-OH is 1. The van der Waals surface area contributed by atoms with E-state index >= 15 is 0 Å². The second kappa shape index (κ2) is 7.36. The average molecular weight is 358 g/mol. The molecule has 1 aliphatic rings. The molecule has 26 heavy (non-hydrogen) atoms. The number of hydrogen-bond acceptors (Lipinski definition) is 8. The zero-order valence-corrected chi connectivity index (χ0v) is 14.4. The van der Waals surface area contributed by atoms with Crippen LogP contribution in [0, 0.1) is 6.92 Å². The number of anilines is 1. The molecule has 136 valence electrons. The summed E-state index contributed by atoms with van der Waals surface area (Å²) in [6.45, 7) is 1.73. The molecule has 2 aromatic rings. The summed E-state index contributed by atoms with van der Waals surface area (Å²) < 4.78 is 9.91. The predicted molar refractivity (Wildman–Crippen MR) is 90.8 cm³/mol. The molecule has 0 unspecified atom stereocenters. The number of carbonyl (C=O) groups excluding carboxylic acids is 2. The highest BCUT2D eigenvalue weighted by molar-refractivity contribution is 6.08. The summed E-state index contributed by atoms with van der Waals surface area (Å²) in [7, 11) is 1.25. The largest absolute Gasteiger partial charge is 0.466 e. The number of ether oxygens (including phenoxy) is 1. The van der Waals surface area contributed by atoms with E-state index in [-0.39, 0.29) is 36.9 Å². The molecule has 0 saturated heterocycles. The first-order chi connectivity index (χ1) is 12.5. The molecule has 0 fully saturated rings. The number of carbonyl (C=O) groups is 2. The van der Waals surface area contributed by atoms with Crippen LogP contribution in [0.2, 0.25) is 0 Å². The number of rotatable bonds is 6. The Morgan fingerprint density at radius 1 is 1.46 bits per heavy atom. The molecule has 1 aromatic carbocycles. The second-order valence-electron chi connectivity index (χ2n) is 5.65. The number of benzene rings is 1. The van der Waals surface area contributed by atoms with E-state index in [0.29, 0.717) is 23.0 Å². The molecule has 2 heterocycles. The third-order valence-corrected chi connectivity index (χ3v) is 3.86. The highest BCUT2D eigenvalue weighted by atomic mass is 16.5. The summed E-state index contributed by atoms with van der Waals surface area (Å²) >= 11 is 0. The average Bonchev–Trinajstić information content (AvgIpc) is 3.20. The minimum atomic E-state index is -0.593. The van der Waals surface area contributed by atoms with Gasteiger partial charge in [-0.1, -0.05) is 11.2 Å². The number of nitrogens with one attached hydrogen (secondary N) is 1. The van der Waals surface area contributed by atoms with Gasteiger partial charge in [0.2, 0.25) is 0 Å². The number of aliphatic hydroxyl groups is 1. The molecule has 1 aliphatic heterocycles. The van der Waals surface area contributed by atoms with Crippen molar-refractivity contribution in [1.82, 2.24) is 15.0 Å². The van der Waals surface area contributed by atoms with Gasteiger partial charge in [0, 0.05) is 17.8 Å². The first-order valence-corrected chi connectivity index (χ1v) is 7.93. The summed E-state index contributed by atoms with van der Waals surface area (Å²) in [4.78, 5) is 30.1. The van der Waals surface area contributed by atoms with Crippen LogP contribution in [0.3, 0.4) is 0 Å². The molecule has 1 aromatic heterocycles. The topological polar surface area (TPSA) is 118 Å². The third kappa shape index (κ3) is 3.42. The summed E-state index contributed by atoms with van der Waals surface area (Å²) in [5.74, 6) is -0.101. The molecule has 3 rings (SSSR count). The lowest BCUT2D eigenvalue weighted by Gasteiger charge is -2.15. The van der Waals surface area contributed by atoms with Gasteiger partial charge in [-0.15, -0.1) is 0 Å². The second-order valence-corrected chi connectivity index (χ2v) is 5.65. The van der Waals surface area contributed by atoms with Gasteiger partial charge in [-0.05, 0) is 25.1 Å². The van der Waals surface area contributed by atoms with Crippen molar-refractivity contribution in [3.63, 3.8) is 0 Å². The van der Waals surface area contributed by atoms with Gasteiger partial charge in [-0.3, -0.25) is 4.79 Å². The molecule has 0 atom stereocenters. The zero-order valence-electron chi connectivity index (χ0n) is 14.4. The lowest BCUT2D eigenvalue weighted by atomic mass is 10.1. The third-order valence-electron chi connectivity index (χ3n) is 3.86. The number of esters is 1. The minimum Gasteiger partial charge on any atom is -0.466 e. The monoisotopic (exact) mass is 358 g/mol. The highest BCUT2D eigenvalue weighted by Crippen LogP contribution is 2.25. The number of aryl methyl sites for hydroxylation is 1. The van der Waals surface area contributed by atoms with E-state index in [2.05, 4.69) is 15.5 Å². The normalized spacial score (nSPS) is 14.1. The van der Waals surface area contributed by atoms with Crippen LogP contribution >= 0.6 is 0 Å². The van der Waals surface area contributed by atoms with Gasteiger partial charge in [0.15, 0.2) is 5.82 Å². The standard InChI is InChI=1S/C17H18N4O5/c1-10-18-15(26-20-10)11-4-3-5-12(8-11)19-14-13(17(24)25-2)9-21(6-7-22)16(14)23/h3-5,8,19,22H,6-7,9H2,1-2H3. The van der Waals surface area contributed by atoms with E-state index in [4.69, 9.17) is 14.4 Å². The van der Waals surface area contributed by atoms with Gasteiger partial charge in [-0.2, -0.15) is 4.98 Å². The maximum absolute atomic E-state index is 12.5. The molecule has 0 bridgehead atoms. The number of nitrogens with zero attached hydrogens (tertiary/aromatic N) is 3. The van der Waals surface area contributed by atoms with Gasteiger partial charge in [0.05, 0.1) is 25.8 Å². The lowest BCUT2D eigenvalue weighted by Crippen LogP contribution is -2.31. The molecule has 2 N–H and O–H groups in total. The molecular weight excluding hydrogens is 340 g/mol. The van der Waals surface area contributed by atoms with Gasteiger partial charge in [0.25, 0.3) is 11.8 Å². The Kier molecular flexibility index (Phi) is 4.99. The Hall–Kier alpha value is -3.20. The van der Waals surface area contributed by atoms with E-state index in [0.717, 1.165) is 0 Å². The van der Waals surface area contributed by atoms with E-state index in [1.54, 1.807) is 31.2 Å². The first kappa shape index (κ1) is 17.6. The number of amides is 1. The Bertz CT molecular complexity index is 874. The fourth-order valence-electron chi connectivity index (χ4n) is 2.64. The quantitative estimate of drug-likeness (QED) is 0.725. The first-order valence-electron chi connectivity index (χ1n) is 7.93. The van der Waals surface area contributed by atoms with Crippen molar-refractivity contribution in [3.8, 4) is 11.5 Å². The summed E-state index contributed by atoms with van der Waals surface area (Å²) in [6, 6.07) is 7.04. The van der Waals surface area contributed by atoms with Crippen LogP contribution < -0.4 is 5.32 Å². The summed E-state index contributed by atoms with van der Waals surface area (Å²) in [5.41, 5.74) is 1.59. The minimum absolute atomic E-state index is 0.0803. The van der Waals surface area contributed by atoms with Crippen LogP contribution in [0.4, 0.5) is 5.69 Å². The summed E-state index contributed by atoms with van der Waals surface area (Å²) in [6.07, 6.45) is 0. The molecule has 0 saturated carbocycles. The lowest BCUT2D eigenvalue weighted by molar-refractivity contribution is -0.136. The molecule has 9 heteroatoms. The Labute approximate surface area is 149 Å².